The van der Waals surface area contributed by atoms with Gasteiger partial charge in [0, 0.05) is 12.8 Å². The zero-order valence-electron chi connectivity index (χ0n) is 46.1. The van der Waals surface area contributed by atoms with Gasteiger partial charge in [-0.3, -0.25) is 9.59 Å². The van der Waals surface area contributed by atoms with Crippen molar-refractivity contribution in [2.45, 2.75) is 360 Å². The molecule has 2 unspecified atom stereocenters. The Hall–Kier alpha value is -1.40. The quantitative estimate of drug-likeness (QED) is 0.0321. The third-order valence-corrected chi connectivity index (χ3v) is 14.6. The molecule has 0 aromatic carbocycles. The lowest BCUT2D eigenvalue weighted by atomic mass is 10.0. The third-order valence-electron chi connectivity index (χ3n) is 14.6. The van der Waals surface area contributed by atoms with E-state index in [9.17, 15) is 19.8 Å². The number of carbonyl (C=O) groups is 2. The molecule has 2 atom stereocenters. The van der Waals surface area contributed by atoms with Gasteiger partial charge in [-0.1, -0.05) is 315 Å². The maximum atomic E-state index is 12.5. The van der Waals surface area contributed by atoms with Gasteiger partial charge in [0.1, 0.15) is 0 Å². The van der Waals surface area contributed by atoms with E-state index in [1.165, 1.54) is 283 Å². The number of hydrogen-bond acceptors (Lipinski definition) is 5. The highest BCUT2D eigenvalue weighted by molar-refractivity contribution is 5.76. The summed E-state index contributed by atoms with van der Waals surface area (Å²) in [5, 5.41) is 23.1. The number of ether oxygens (including phenoxy) is 1. The van der Waals surface area contributed by atoms with E-state index in [1.54, 1.807) is 6.08 Å². The molecule has 0 aromatic rings. The van der Waals surface area contributed by atoms with E-state index < -0.39 is 12.1 Å². The molecule has 1 amide bonds. The summed E-state index contributed by atoms with van der Waals surface area (Å²) in [6.07, 6.45) is 69.6. The molecule has 0 aliphatic heterocycles. The highest BCUT2D eigenvalue weighted by atomic mass is 16.5. The van der Waals surface area contributed by atoms with Crippen LogP contribution < -0.4 is 5.32 Å². The van der Waals surface area contributed by atoms with E-state index in [-0.39, 0.29) is 18.5 Å². The molecular formula is C62H121NO5. The van der Waals surface area contributed by atoms with Crippen LogP contribution in [-0.2, 0) is 14.3 Å². The molecule has 0 radical (unpaired) electrons. The van der Waals surface area contributed by atoms with Crippen LogP contribution in [0.15, 0.2) is 12.2 Å². The minimum Gasteiger partial charge on any atom is -0.466 e. The van der Waals surface area contributed by atoms with Gasteiger partial charge in [-0.05, 0) is 32.1 Å². The van der Waals surface area contributed by atoms with Crippen molar-refractivity contribution < 1.29 is 24.5 Å². The Balaban J connectivity index is 3.39. The maximum absolute atomic E-state index is 12.5. The van der Waals surface area contributed by atoms with Crippen molar-refractivity contribution in [1.29, 1.82) is 0 Å². The molecule has 6 nitrogen and oxygen atoms in total. The van der Waals surface area contributed by atoms with Crippen molar-refractivity contribution in [3.05, 3.63) is 12.2 Å². The van der Waals surface area contributed by atoms with Gasteiger partial charge in [-0.15, -0.1) is 0 Å². The van der Waals surface area contributed by atoms with Crippen LogP contribution in [0.3, 0.4) is 0 Å². The molecular weight excluding hydrogens is 839 g/mol. The van der Waals surface area contributed by atoms with Crippen LogP contribution in [0, 0.1) is 0 Å². The standard InChI is InChI=1S/C62H121NO5/c1-3-5-7-9-11-13-15-17-18-28-31-34-38-42-46-50-54-60(65)59(58-64)63-61(66)55-51-47-43-39-35-32-29-26-24-22-20-19-21-23-25-27-30-33-37-41-45-49-53-57-68-62(67)56-52-48-44-40-36-16-14-12-10-8-6-4-2/h50,54,59-60,64-65H,3-49,51-53,55-58H2,1-2H3,(H,63,66)/b54-50+. The van der Waals surface area contributed by atoms with E-state index in [1.807, 2.05) is 6.08 Å². The number of amides is 1. The fourth-order valence-corrected chi connectivity index (χ4v) is 9.81. The molecule has 0 rings (SSSR count). The van der Waals surface area contributed by atoms with E-state index in [0.717, 1.165) is 38.5 Å². The molecule has 0 fully saturated rings. The molecule has 0 bridgehead atoms. The van der Waals surface area contributed by atoms with Crippen LogP contribution in [0.5, 0.6) is 0 Å². The Morgan fingerprint density at radius 2 is 0.676 bits per heavy atom. The zero-order chi connectivity index (χ0) is 49.3. The fraction of sp³-hybridized carbons (Fsp3) is 0.935. The van der Waals surface area contributed by atoms with Crippen LogP contribution in [0.1, 0.15) is 348 Å². The first kappa shape index (κ1) is 66.6. The number of carbonyl (C=O) groups excluding carboxylic acids is 2. The monoisotopic (exact) mass is 960 g/mol. The first-order valence-electron chi connectivity index (χ1n) is 31.0. The van der Waals surface area contributed by atoms with Crippen molar-refractivity contribution in [2.24, 2.45) is 0 Å². The second-order valence-electron chi connectivity index (χ2n) is 21.4. The third kappa shape index (κ3) is 53.9. The molecule has 0 aliphatic carbocycles. The fourth-order valence-electron chi connectivity index (χ4n) is 9.81. The summed E-state index contributed by atoms with van der Waals surface area (Å²) in [6, 6.07) is -0.626. The Bertz CT molecular complexity index is 1020. The number of hydrogen-bond donors (Lipinski definition) is 3. The van der Waals surface area contributed by atoms with Gasteiger partial charge in [0.05, 0.1) is 25.4 Å². The second kappa shape index (κ2) is 58.2. The number of nitrogens with one attached hydrogen (secondary N) is 1. The molecule has 0 aliphatic rings. The van der Waals surface area contributed by atoms with E-state index >= 15 is 0 Å². The number of unbranched alkanes of at least 4 members (excludes halogenated alkanes) is 47. The normalized spacial score (nSPS) is 12.6. The molecule has 6 heteroatoms. The lowest BCUT2D eigenvalue weighted by Crippen LogP contribution is -2.45. The van der Waals surface area contributed by atoms with Gasteiger partial charge in [0.25, 0.3) is 0 Å². The Labute approximate surface area is 425 Å². The minimum atomic E-state index is -0.843. The van der Waals surface area contributed by atoms with Crippen LogP contribution in [0.4, 0.5) is 0 Å². The SMILES string of the molecule is CCCCCCCCCCCCCCCC/C=C/C(O)C(CO)NC(=O)CCCCCCCCCCCCCCCCCCCCCCCCCOC(=O)CCCCCCCCCCCCCC. The predicted octanol–water partition coefficient (Wildman–Crippen LogP) is 19.2. The summed E-state index contributed by atoms with van der Waals surface area (Å²) in [5.74, 6) is -0.0497. The number of aliphatic hydroxyl groups is 2. The van der Waals surface area contributed by atoms with E-state index in [2.05, 4.69) is 19.2 Å². The summed E-state index contributed by atoms with van der Waals surface area (Å²) in [7, 11) is 0. The van der Waals surface area contributed by atoms with Crippen LogP contribution in [0.25, 0.3) is 0 Å². The molecule has 0 saturated carbocycles. The highest BCUT2D eigenvalue weighted by Gasteiger charge is 2.18. The smallest absolute Gasteiger partial charge is 0.305 e. The van der Waals surface area contributed by atoms with Crippen molar-refractivity contribution in [1.82, 2.24) is 5.32 Å². The topological polar surface area (TPSA) is 95.9 Å². The lowest BCUT2D eigenvalue weighted by molar-refractivity contribution is -0.143. The van der Waals surface area contributed by atoms with Gasteiger partial charge in [0.15, 0.2) is 0 Å². The molecule has 0 aromatic heterocycles. The molecule has 0 heterocycles. The van der Waals surface area contributed by atoms with E-state index in [0.29, 0.717) is 19.4 Å². The Morgan fingerprint density at radius 3 is 1.00 bits per heavy atom. The second-order valence-corrected chi connectivity index (χ2v) is 21.4. The Morgan fingerprint density at radius 1 is 0.397 bits per heavy atom. The summed E-state index contributed by atoms with van der Waals surface area (Å²) in [5.41, 5.74) is 0. The van der Waals surface area contributed by atoms with Gasteiger partial charge in [-0.2, -0.15) is 0 Å². The number of rotatable bonds is 58. The summed E-state index contributed by atoms with van der Waals surface area (Å²) >= 11 is 0. The van der Waals surface area contributed by atoms with Gasteiger partial charge >= 0.3 is 5.97 Å². The molecule has 68 heavy (non-hydrogen) atoms. The highest BCUT2D eigenvalue weighted by Crippen LogP contribution is 2.18. The zero-order valence-corrected chi connectivity index (χ0v) is 46.1. The molecule has 404 valence electrons. The van der Waals surface area contributed by atoms with Crippen LogP contribution >= 0.6 is 0 Å². The van der Waals surface area contributed by atoms with E-state index in [4.69, 9.17) is 4.74 Å². The largest absolute Gasteiger partial charge is 0.466 e. The first-order valence-corrected chi connectivity index (χ1v) is 31.0. The first-order chi connectivity index (χ1) is 33.5. The summed E-state index contributed by atoms with van der Waals surface area (Å²) < 4.78 is 5.48. The molecule has 3 N–H and O–H groups in total. The number of allylic oxidation sites excluding steroid dienone is 1. The van der Waals surface area contributed by atoms with Crippen LogP contribution in [0.2, 0.25) is 0 Å². The minimum absolute atomic E-state index is 0.0151. The molecule has 0 spiro atoms. The van der Waals surface area contributed by atoms with Crippen LogP contribution in [-0.4, -0.2) is 47.4 Å². The maximum Gasteiger partial charge on any atom is 0.305 e. The lowest BCUT2D eigenvalue weighted by Gasteiger charge is -2.20. The summed E-state index contributed by atoms with van der Waals surface area (Å²) in [4.78, 5) is 24.5. The van der Waals surface area contributed by atoms with Gasteiger partial charge in [0.2, 0.25) is 5.91 Å². The average Bonchev–Trinajstić information content (AvgIpc) is 3.34. The van der Waals surface area contributed by atoms with Gasteiger partial charge in [-0.25, -0.2) is 0 Å². The van der Waals surface area contributed by atoms with Crippen molar-refractivity contribution in [3.63, 3.8) is 0 Å². The summed E-state index contributed by atoms with van der Waals surface area (Å²) in [6.45, 7) is 4.93. The number of aliphatic hydroxyl groups excluding tert-OH is 2. The van der Waals surface area contributed by atoms with Gasteiger partial charge < -0.3 is 20.3 Å². The predicted molar refractivity (Wildman–Crippen MR) is 297 cm³/mol. The van der Waals surface area contributed by atoms with Crippen molar-refractivity contribution >= 4 is 11.9 Å². The van der Waals surface area contributed by atoms with Crippen molar-refractivity contribution in [2.75, 3.05) is 13.2 Å². The number of esters is 1. The van der Waals surface area contributed by atoms with Crippen molar-refractivity contribution in [3.8, 4) is 0 Å². The Kier molecular flexibility index (Phi) is 57.0. The molecule has 0 saturated heterocycles. The average molecular weight is 961 g/mol.